The molecule has 0 aromatic rings. The minimum atomic E-state index is -0.772. The Bertz CT molecular complexity index is 1400. The molecule has 0 fully saturated rings. The Balaban J connectivity index is 4.19. The van der Waals surface area contributed by atoms with Gasteiger partial charge in [-0.25, -0.2) is 0 Å². The minimum Gasteiger partial charge on any atom is -0.462 e. The molecule has 0 amide bonds. The number of unbranched alkanes of at least 4 members (excludes halogenated alkanes) is 48. The van der Waals surface area contributed by atoms with Crippen LogP contribution in [0.3, 0.4) is 0 Å². The molecule has 6 nitrogen and oxygen atoms in total. The maximum absolute atomic E-state index is 13.0. The van der Waals surface area contributed by atoms with Gasteiger partial charge in [0.2, 0.25) is 0 Å². The fourth-order valence-electron chi connectivity index (χ4n) is 11.0. The normalized spacial score (nSPS) is 12.3. The maximum atomic E-state index is 13.0. The van der Waals surface area contributed by atoms with Crippen LogP contribution in [0.4, 0.5) is 0 Å². The summed E-state index contributed by atoms with van der Waals surface area (Å²) >= 11 is 0. The molecular formula is C75H138O6. The number of hydrogen-bond acceptors (Lipinski definition) is 6. The highest BCUT2D eigenvalue weighted by Crippen LogP contribution is 2.19. The molecule has 1 unspecified atom stereocenters. The topological polar surface area (TPSA) is 78.9 Å². The second kappa shape index (κ2) is 69.9. The summed E-state index contributed by atoms with van der Waals surface area (Å²) in [6.07, 6.45) is 88.6. The summed E-state index contributed by atoms with van der Waals surface area (Å²) in [7, 11) is 0. The van der Waals surface area contributed by atoms with Crippen LogP contribution in [-0.2, 0) is 28.6 Å². The van der Waals surface area contributed by atoms with Gasteiger partial charge in [0, 0.05) is 19.3 Å². The molecule has 0 N–H and O–H groups in total. The second-order valence-corrected chi connectivity index (χ2v) is 24.5. The van der Waals surface area contributed by atoms with E-state index in [2.05, 4.69) is 69.4 Å². The first-order chi connectivity index (χ1) is 40.0. The first-order valence-corrected chi connectivity index (χ1v) is 36.1. The largest absolute Gasteiger partial charge is 0.462 e. The molecular weight excluding hydrogens is 997 g/mol. The van der Waals surface area contributed by atoms with Crippen molar-refractivity contribution in [2.75, 3.05) is 13.2 Å². The molecule has 0 aliphatic carbocycles. The van der Waals surface area contributed by atoms with E-state index in [4.69, 9.17) is 14.2 Å². The lowest BCUT2D eigenvalue weighted by Gasteiger charge is -2.18. The van der Waals surface area contributed by atoms with Gasteiger partial charge in [-0.2, -0.15) is 0 Å². The maximum Gasteiger partial charge on any atom is 0.306 e. The Hall–Kier alpha value is -2.63. The molecule has 0 spiro atoms. The number of esters is 3. The van der Waals surface area contributed by atoms with Crippen molar-refractivity contribution in [2.45, 2.75) is 399 Å². The van der Waals surface area contributed by atoms with Crippen molar-refractivity contribution >= 4 is 17.9 Å². The SMILES string of the molecule is CC/C=C\C/C=C\C/C=C\C/C=C\CCCCCCCCCCCCCCC(=O)OC(COC(=O)CCCCCCCCCCCCCC)COC(=O)CCCCCCCCCCCCCCCCCCCCCCCCCCCC. The average molecular weight is 1140 g/mol. The predicted octanol–water partition coefficient (Wildman–Crippen LogP) is 24.9. The third kappa shape index (κ3) is 68.0. The second-order valence-electron chi connectivity index (χ2n) is 24.5. The third-order valence-electron chi connectivity index (χ3n) is 16.3. The Labute approximate surface area is 505 Å². The molecule has 474 valence electrons. The van der Waals surface area contributed by atoms with Gasteiger partial charge < -0.3 is 14.2 Å². The fraction of sp³-hybridized carbons (Fsp3) is 0.853. The number of ether oxygens (including phenoxy) is 3. The standard InChI is InChI=1S/C75H138O6/c1-4-7-10-13-16-19-22-25-27-29-31-33-35-37-39-40-42-44-46-48-50-53-56-59-62-65-68-74(77)80-71-72(70-79-73(76)67-64-61-58-55-52-24-21-18-15-12-9-6-3)81-75(78)69-66-63-60-57-54-51-49-47-45-43-41-38-36-34-32-30-28-26-23-20-17-14-11-8-5-2/h8,11,17,20,26,28,32,34,72H,4-7,9-10,12-16,18-19,21-25,27,29-31,33,35-71H2,1-3H3/b11-8-,20-17-,28-26-,34-32-. The zero-order valence-electron chi connectivity index (χ0n) is 54.6. The van der Waals surface area contributed by atoms with E-state index < -0.39 is 6.10 Å². The summed E-state index contributed by atoms with van der Waals surface area (Å²) in [6, 6.07) is 0. The van der Waals surface area contributed by atoms with Crippen LogP contribution in [0.5, 0.6) is 0 Å². The lowest BCUT2D eigenvalue weighted by atomic mass is 10.0. The molecule has 0 heterocycles. The summed E-state index contributed by atoms with van der Waals surface area (Å²) in [5, 5.41) is 0. The molecule has 81 heavy (non-hydrogen) atoms. The zero-order chi connectivity index (χ0) is 58.5. The summed E-state index contributed by atoms with van der Waals surface area (Å²) in [6.45, 7) is 6.60. The van der Waals surface area contributed by atoms with Crippen LogP contribution in [-0.4, -0.2) is 37.2 Å². The molecule has 0 aromatic heterocycles. The van der Waals surface area contributed by atoms with Gasteiger partial charge in [0.25, 0.3) is 0 Å². The van der Waals surface area contributed by atoms with Crippen molar-refractivity contribution in [2.24, 2.45) is 0 Å². The van der Waals surface area contributed by atoms with E-state index in [0.29, 0.717) is 19.3 Å². The van der Waals surface area contributed by atoms with Crippen LogP contribution in [0, 0.1) is 0 Å². The number of carbonyl (C=O) groups excluding carboxylic acids is 3. The Morgan fingerprint density at radius 2 is 0.481 bits per heavy atom. The van der Waals surface area contributed by atoms with Gasteiger partial charge in [0.15, 0.2) is 6.10 Å². The molecule has 1 atom stereocenters. The van der Waals surface area contributed by atoms with E-state index in [-0.39, 0.29) is 31.1 Å². The molecule has 0 aliphatic rings. The van der Waals surface area contributed by atoms with Crippen LogP contribution >= 0.6 is 0 Å². The van der Waals surface area contributed by atoms with E-state index in [0.717, 1.165) is 83.5 Å². The average Bonchev–Trinajstić information content (AvgIpc) is 3.47. The molecule has 0 rings (SSSR count). The monoisotopic (exact) mass is 1140 g/mol. The van der Waals surface area contributed by atoms with E-state index in [1.165, 1.54) is 270 Å². The third-order valence-corrected chi connectivity index (χ3v) is 16.3. The number of carbonyl (C=O) groups is 3. The molecule has 0 radical (unpaired) electrons. The predicted molar refractivity (Wildman–Crippen MR) is 353 cm³/mol. The van der Waals surface area contributed by atoms with Crippen LogP contribution in [0.2, 0.25) is 0 Å². The van der Waals surface area contributed by atoms with Gasteiger partial charge in [-0.3, -0.25) is 14.4 Å². The van der Waals surface area contributed by atoms with Crippen molar-refractivity contribution in [3.8, 4) is 0 Å². The highest BCUT2D eigenvalue weighted by atomic mass is 16.6. The number of hydrogen-bond donors (Lipinski definition) is 0. The van der Waals surface area contributed by atoms with Crippen molar-refractivity contribution < 1.29 is 28.6 Å². The van der Waals surface area contributed by atoms with Crippen LogP contribution in [0.25, 0.3) is 0 Å². The Kier molecular flexibility index (Phi) is 67.6. The van der Waals surface area contributed by atoms with E-state index in [1.807, 2.05) is 0 Å². The first kappa shape index (κ1) is 78.4. The molecule has 6 heteroatoms. The van der Waals surface area contributed by atoms with E-state index in [9.17, 15) is 14.4 Å². The Morgan fingerprint density at radius 1 is 0.259 bits per heavy atom. The summed E-state index contributed by atoms with van der Waals surface area (Å²) in [5.74, 6) is -0.841. The van der Waals surface area contributed by atoms with Crippen molar-refractivity contribution in [1.29, 1.82) is 0 Å². The lowest BCUT2D eigenvalue weighted by molar-refractivity contribution is -0.167. The van der Waals surface area contributed by atoms with Gasteiger partial charge in [-0.1, -0.05) is 365 Å². The summed E-state index contributed by atoms with van der Waals surface area (Å²) in [4.78, 5) is 38.4. The molecule has 0 saturated heterocycles. The summed E-state index contributed by atoms with van der Waals surface area (Å²) in [5.41, 5.74) is 0. The van der Waals surface area contributed by atoms with Crippen LogP contribution in [0.1, 0.15) is 393 Å². The van der Waals surface area contributed by atoms with Crippen molar-refractivity contribution in [3.05, 3.63) is 48.6 Å². The van der Waals surface area contributed by atoms with Crippen LogP contribution < -0.4 is 0 Å². The molecule has 0 bridgehead atoms. The van der Waals surface area contributed by atoms with Gasteiger partial charge >= 0.3 is 17.9 Å². The smallest absolute Gasteiger partial charge is 0.306 e. The minimum absolute atomic E-state index is 0.0675. The van der Waals surface area contributed by atoms with E-state index in [1.54, 1.807) is 0 Å². The summed E-state index contributed by atoms with van der Waals surface area (Å²) < 4.78 is 17.0. The van der Waals surface area contributed by atoms with Crippen LogP contribution in [0.15, 0.2) is 48.6 Å². The lowest BCUT2D eigenvalue weighted by Crippen LogP contribution is -2.30. The van der Waals surface area contributed by atoms with Crippen molar-refractivity contribution in [3.63, 3.8) is 0 Å². The highest BCUT2D eigenvalue weighted by molar-refractivity contribution is 5.71. The molecule has 0 aromatic carbocycles. The van der Waals surface area contributed by atoms with Gasteiger partial charge in [-0.05, 0) is 57.8 Å². The first-order valence-electron chi connectivity index (χ1n) is 36.1. The number of allylic oxidation sites excluding steroid dienone is 8. The fourth-order valence-corrected chi connectivity index (χ4v) is 11.0. The zero-order valence-corrected chi connectivity index (χ0v) is 54.6. The van der Waals surface area contributed by atoms with Crippen molar-refractivity contribution in [1.82, 2.24) is 0 Å². The molecule has 0 aliphatic heterocycles. The van der Waals surface area contributed by atoms with Gasteiger partial charge in [-0.15, -0.1) is 0 Å². The highest BCUT2D eigenvalue weighted by Gasteiger charge is 2.19. The van der Waals surface area contributed by atoms with Gasteiger partial charge in [0.05, 0.1) is 0 Å². The van der Waals surface area contributed by atoms with Gasteiger partial charge in [0.1, 0.15) is 13.2 Å². The van der Waals surface area contributed by atoms with E-state index >= 15 is 0 Å². The molecule has 0 saturated carbocycles. The Morgan fingerprint density at radius 3 is 0.753 bits per heavy atom. The number of rotatable bonds is 67. The quantitative estimate of drug-likeness (QED) is 0.0261.